The highest BCUT2D eigenvalue weighted by Gasteiger charge is 2.20. The lowest BCUT2D eigenvalue weighted by Gasteiger charge is -2.27. The standard InChI is InChI=1S/C24H27FN4O3/c1-28(11-12-30)23(31)15-29-9-6-16(7-10-29)21-14-20-18(5-8-26-24(20)27-21)19-13-17(25)3-4-22(19)32-2/h3-6,8,13-14,30H,7,9-12,15H2,1-2H3,(H,26,27). The van der Waals surface area contributed by atoms with Crippen LogP contribution in [-0.2, 0) is 4.79 Å². The van der Waals surface area contributed by atoms with E-state index in [2.05, 4.69) is 20.9 Å². The van der Waals surface area contributed by atoms with Gasteiger partial charge in [0.25, 0.3) is 0 Å². The second-order valence-electron chi connectivity index (χ2n) is 7.90. The molecule has 32 heavy (non-hydrogen) atoms. The number of aromatic nitrogens is 2. The molecule has 2 aromatic heterocycles. The molecule has 1 aliphatic rings. The number of aliphatic hydroxyl groups excluding tert-OH is 1. The average molecular weight is 439 g/mol. The van der Waals surface area contributed by atoms with Gasteiger partial charge in [0.1, 0.15) is 17.2 Å². The van der Waals surface area contributed by atoms with Crippen molar-refractivity contribution in [1.29, 1.82) is 0 Å². The van der Waals surface area contributed by atoms with Crippen LogP contribution in [0.1, 0.15) is 12.1 Å². The Morgan fingerprint density at radius 1 is 1.31 bits per heavy atom. The van der Waals surface area contributed by atoms with E-state index in [0.29, 0.717) is 30.9 Å². The lowest BCUT2D eigenvalue weighted by Crippen LogP contribution is -2.41. The van der Waals surface area contributed by atoms with Crippen LogP contribution < -0.4 is 4.74 Å². The minimum Gasteiger partial charge on any atom is -0.496 e. The summed E-state index contributed by atoms with van der Waals surface area (Å²) in [6.07, 6.45) is 4.62. The molecule has 2 N–H and O–H groups in total. The summed E-state index contributed by atoms with van der Waals surface area (Å²) < 4.78 is 19.4. The molecule has 3 aromatic rings. The molecule has 3 heterocycles. The minimum absolute atomic E-state index is 0.000561. The number of carbonyl (C=O) groups is 1. The number of aliphatic hydroxyl groups is 1. The Bertz CT molecular complexity index is 1160. The zero-order chi connectivity index (χ0) is 22.7. The fourth-order valence-electron chi connectivity index (χ4n) is 4.01. The molecule has 0 saturated heterocycles. The number of H-pyrrole nitrogens is 1. The molecule has 0 atom stereocenters. The number of benzene rings is 1. The number of nitrogens with zero attached hydrogens (tertiary/aromatic N) is 3. The SMILES string of the molecule is COc1ccc(F)cc1-c1ccnc2[nH]c(C3=CCN(CC(=O)N(C)CCO)CC3)cc12. The van der Waals surface area contributed by atoms with Crippen molar-refractivity contribution in [1.82, 2.24) is 19.8 Å². The second-order valence-corrected chi connectivity index (χ2v) is 7.90. The smallest absolute Gasteiger partial charge is 0.236 e. The summed E-state index contributed by atoms with van der Waals surface area (Å²) >= 11 is 0. The van der Waals surface area contributed by atoms with Gasteiger partial charge >= 0.3 is 0 Å². The topological polar surface area (TPSA) is 81.7 Å². The molecular formula is C24H27FN4O3. The maximum absolute atomic E-state index is 14.0. The Balaban J connectivity index is 1.57. The van der Waals surface area contributed by atoms with Crippen molar-refractivity contribution in [3.8, 4) is 16.9 Å². The molecular weight excluding hydrogens is 411 g/mol. The van der Waals surface area contributed by atoms with Gasteiger partial charge in [0.05, 0.1) is 20.3 Å². The van der Waals surface area contributed by atoms with Crippen LogP contribution in [0.2, 0.25) is 0 Å². The van der Waals surface area contributed by atoms with Crippen molar-refractivity contribution in [3.63, 3.8) is 0 Å². The van der Waals surface area contributed by atoms with Crippen molar-refractivity contribution in [3.05, 3.63) is 54.1 Å². The van der Waals surface area contributed by atoms with Gasteiger partial charge in [-0.1, -0.05) is 6.08 Å². The van der Waals surface area contributed by atoms with Crippen molar-refractivity contribution < 1.29 is 19.0 Å². The molecule has 1 amide bonds. The summed E-state index contributed by atoms with van der Waals surface area (Å²) in [5, 5.41) is 9.89. The van der Waals surface area contributed by atoms with Crippen LogP contribution >= 0.6 is 0 Å². The number of methoxy groups -OCH3 is 1. The van der Waals surface area contributed by atoms with Gasteiger partial charge in [-0.15, -0.1) is 0 Å². The Morgan fingerprint density at radius 2 is 2.16 bits per heavy atom. The van der Waals surface area contributed by atoms with E-state index in [-0.39, 0.29) is 18.3 Å². The normalized spacial score (nSPS) is 14.4. The van der Waals surface area contributed by atoms with E-state index < -0.39 is 0 Å². The highest BCUT2D eigenvalue weighted by atomic mass is 19.1. The van der Waals surface area contributed by atoms with E-state index in [9.17, 15) is 9.18 Å². The third-order valence-corrected chi connectivity index (χ3v) is 5.84. The number of aromatic amines is 1. The number of nitrogens with one attached hydrogen (secondary N) is 1. The summed E-state index contributed by atoms with van der Waals surface area (Å²) in [5.74, 6) is 0.278. The van der Waals surface area contributed by atoms with Crippen LogP contribution in [0, 0.1) is 5.82 Å². The molecule has 7 nitrogen and oxygen atoms in total. The molecule has 1 aromatic carbocycles. The molecule has 0 unspecified atom stereocenters. The van der Waals surface area contributed by atoms with Gasteiger partial charge in [-0.3, -0.25) is 9.69 Å². The van der Waals surface area contributed by atoms with E-state index in [4.69, 9.17) is 9.84 Å². The summed E-state index contributed by atoms with van der Waals surface area (Å²) in [6.45, 7) is 2.07. The first kappa shape index (κ1) is 22.0. The number of hydrogen-bond acceptors (Lipinski definition) is 5. The molecule has 0 saturated carbocycles. The van der Waals surface area contributed by atoms with Crippen LogP contribution in [-0.4, -0.2) is 77.7 Å². The molecule has 0 radical (unpaired) electrons. The molecule has 4 rings (SSSR count). The number of rotatable bonds is 7. The predicted molar refractivity (Wildman–Crippen MR) is 122 cm³/mol. The number of hydrogen-bond donors (Lipinski definition) is 2. The largest absolute Gasteiger partial charge is 0.496 e. The highest BCUT2D eigenvalue weighted by molar-refractivity contribution is 5.96. The highest BCUT2D eigenvalue weighted by Crippen LogP contribution is 2.36. The molecule has 168 valence electrons. The summed E-state index contributed by atoms with van der Waals surface area (Å²) in [6, 6.07) is 8.39. The number of carbonyl (C=O) groups excluding carboxylic acids is 1. The average Bonchev–Trinajstić information content (AvgIpc) is 3.24. The maximum atomic E-state index is 14.0. The number of pyridine rings is 1. The zero-order valence-corrected chi connectivity index (χ0v) is 18.3. The van der Waals surface area contributed by atoms with Gasteiger partial charge in [0.15, 0.2) is 0 Å². The summed E-state index contributed by atoms with van der Waals surface area (Å²) in [7, 11) is 3.27. The summed E-state index contributed by atoms with van der Waals surface area (Å²) in [4.78, 5) is 23.7. The molecule has 0 fully saturated rings. The molecule has 1 aliphatic heterocycles. The van der Waals surface area contributed by atoms with E-state index in [1.54, 1.807) is 31.3 Å². The quantitative estimate of drug-likeness (QED) is 0.593. The van der Waals surface area contributed by atoms with E-state index in [0.717, 1.165) is 40.8 Å². The van der Waals surface area contributed by atoms with E-state index in [1.807, 2.05) is 12.1 Å². The van der Waals surface area contributed by atoms with Gasteiger partial charge in [-0.05, 0) is 47.9 Å². The third-order valence-electron chi connectivity index (χ3n) is 5.84. The summed E-state index contributed by atoms with van der Waals surface area (Å²) in [5.41, 5.74) is 4.39. The molecule has 8 heteroatoms. The number of fused-ring (bicyclic) bond motifs is 1. The third kappa shape index (κ3) is 4.51. The second kappa shape index (κ2) is 9.50. The van der Waals surface area contributed by atoms with Crippen LogP contribution in [0.25, 0.3) is 27.7 Å². The first-order chi connectivity index (χ1) is 15.5. The molecule has 0 spiro atoms. The van der Waals surface area contributed by atoms with E-state index in [1.165, 1.54) is 12.1 Å². The number of ether oxygens (including phenoxy) is 1. The van der Waals surface area contributed by atoms with Gasteiger partial charge in [0.2, 0.25) is 5.91 Å². The lowest BCUT2D eigenvalue weighted by molar-refractivity contribution is -0.131. The number of amides is 1. The van der Waals surface area contributed by atoms with Crippen LogP contribution in [0.15, 0.2) is 42.6 Å². The zero-order valence-electron chi connectivity index (χ0n) is 18.3. The van der Waals surface area contributed by atoms with Gasteiger partial charge in [-0.2, -0.15) is 0 Å². The maximum Gasteiger partial charge on any atom is 0.236 e. The minimum atomic E-state index is -0.323. The number of halogens is 1. The Morgan fingerprint density at radius 3 is 2.88 bits per heavy atom. The first-order valence-corrected chi connectivity index (χ1v) is 10.6. The first-order valence-electron chi connectivity index (χ1n) is 10.6. The monoisotopic (exact) mass is 438 g/mol. The van der Waals surface area contributed by atoms with Crippen LogP contribution in [0.3, 0.4) is 0 Å². The predicted octanol–water partition coefficient (Wildman–Crippen LogP) is 2.92. The van der Waals surface area contributed by atoms with Crippen molar-refractivity contribution >= 4 is 22.5 Å². The van der Waals surface area contributed by atoms with Gasteiger partial charge in [0, 0.05) is 49.5 Å². The lowest BCUT2D eigenvalue weighted by atomic mass is 10.0. The Kier molecular flexibility index (Phi) is 6.53. The number of likely N-dealkylation sites (N-methyl/N-ethyl adjacent to an activating group) is 1. The van der Waals surface area contributed by atoms with Gasteiger partial charge in [-0.25, -0.2) is 9.37 Å². The Hall–Kier alpha value is -3.23. The van der Waals surface area contributed by atoms with Crippen molar-refractivity contribution in [2.24, 2.45) is 0 Å². The van der Waals surface area contributed by atoms with Gasteiger partial charge < -0.3 is 19.7 Å². The molecule has 0 bridgehead atoms. The fourth-order valence-corrected chi connectivity index (χ4v) is 4.01. The Labute approximate surface area is 186 Å². The van der Waals surface area contributed by atoms with Crippen LogP contribution in [0.5, 0.6) is 5.75 Å². The fraction of sp³-hybridized carbons (Fsp3) is 0.333. The van der Waals surface area contributed by atoms with E-state index >= 15 is 0 Å². The van der Waals surface area contributed by atoms with Crippen molar-refractivity contribution in [2.45, 2.75) is 6.42 Å². The van der Waals surface area contributed by atoms with Crippen molar-refractivity contribution in [2.75, 3.05) is 46.9 Å². The van der Waals surface area contributed by atoms with Crippen LogP contribution in [0.4, 0.5) is 4.39 Å². The molecule has 0 aliphatic carbocycles.